The molecule has 0 unspecified atom stereocenters. The van der Waals surface area contributed by atoms with Crippen molar-refractivity contribution in [2.75, 3.05) is 50.8 Å². The lowest BCUT2D eigenvalue weighted by Crippen LogP contribution is -2.57. The second-order valence-corrected chi connectivity index (χ2v) is 13.0. The molecule has 0 aromatic heterocycles. The summed E-state index contributed by atoms with van der Waals surface area (Å²) in [5, 5.41) is 3.39. The molecule has 38 heavy (non-hydrogen) atoms. The van der Waals surface area contributed by atoms with Gasteiger partial charge in [0.25, 0.3) is 0 Å². The maximum Gasteiger partial charge on any atom is 0.239 e. The minimum absolute atomic E-state index is 0.163. The van der Waals surface area contributed by atoms with Crippen LogP contribution in [0.2, 0.25) is 0 Å². The van der Waals surface area contributed by atoms with Crippen molar-refractivity contribution >= 4 is 21.4 Å². The average molecular weight is 541 g/mol. The minimum atomic E-state index is -3.92. The summed E-state index contributed by atoms with van der Waals surface area (Å²) < 4.78 is 31.9. The van der Waals surface area contributed by atoms with E-state index in [0.29, 0.717) is 37.9 Å². The fourth-order valence-electron chi connectivity index (χ4n) is 5.76. The number of hydrogen-bond acceptors (Lipinski definition) is 7. The number of aryl methyl sites for hydroxylation is 1. The van der Waals surface area contributed by atoms with Crippen molar-refractivity contribution in [3.05, 3.63) is 64.8 Å². The van der Waals surface area contributed by atoms with Crippen LogP contribution in [0.15, 0.2) is 59.2 Å². The summed E-state index contributed by atoms with van der Waals surface area (Å²) in [5.74, 6) is -0.0883. The average Bonchev–Trinajstić information content (AvgIpc) is 3.80. The third kappa shape index (κ3) is 5.84. The van der Waals surface area contributed by atoms with E-state index in [1.54, 1.807) is 18.2 Å². The number of nitrogens with zero attached hydrogens (tertiary/aromatic N) is 2. The second kappa shape index (κ2) is 11.6. The SMILES string of the molecule is NC(=O)C1(S(=O)(=O)C2=CCC=C(OCCCc3cccc(N4CCNCC4)c3)C=C2)CCN(C2CC2)CC1. The number of allylic oxidation sites excluding steroid dienone is 4. The summed E-state index contributed by atoms with van der Waals surface area (Å²) in [4.78, 5) is 17.4. The first-order chi connectivity index (χ1) is 18.4. The number of hydrogen-bond donors (Lipinski definition) is 2. The molecule has 2 heterocycles. The number of primary amides is 1. The Balaban J connectivity index is 1.14. The number of likely N-dealkylation sites (tertiary alicyclic amines) is 1. The summed E-state index contributed by atoms with van der Waals surface area (Å²) in [7, 11) is -3.92. The number of carbonyl (C=O) groups excluding carboxylic acids is 1. The standard InChI is InChI=1S/C29H40N4O4S/c30-28(34)29(13-17-32(18-14-29)24-9-10-24)38(35,36)27-8-2-7-26(11-12-27)37-21-3-5-23-4-1-6-25(22-23)33-19-15-31-16-20-33/h1,4,6-8,11-12,22,24,31H,2-3,5,9-10,13-21H2,(H2,30,34). The largest absolute Gasteiger partial charge is 0.494 e. The Labute approximate surface area is 226 Å². The van der Waals surface area contributed by atoms with Crippen LogP contribution < -0.4 is 16.0 Å². The van der Waals surface area contributed by atoms with E-state index in [4.69, 9.17) is 10.5 Å². The molecule has 206 valence electrons. The zero-order valence-electron chi connectivity index (χ0n) is 22.1. The summed E-state index contributed by atoms with van der Waals surface area (Å²) in [5.41, 5.74) is 8.30. The molecule has 3 fully saturated rings. The number of amides is 1. The zero-order valence-corrected chi connectivity index (χ0v) is 22.9. The maximum atomic E-state index is 13.7. The van der Waals surface area contributed by atoms with Crippen molar-refractivity contribution in [1.29, 1.82) is 0 Å². The Morgan fingerprint density at radius 2 is 1.84 bits per heavy atom. The normalized spacial score (nSPS) is 22.4. The number of sulfone groups is 1. The molecule has 3 N–H and O–H groups in total. The van der Waals surface area contributed by atoms with Gasteiger partial charge in [-0.15, -0.1) is 0 Å². The number of ether oxygens (including phenoxy) is 1. The molecular weight excluding hydrogens is 500 g/mol. The Morgan fingerprint density at radius 3 is 2.55 bits per heavy atom. The number of nitrogens with one attached hydrogen (secondary N) is 1. The molecule has 5 rings (SSSR count). The molecule has 2 aliphatic carbocycles. The van der Waals surface area contributed by atoms with E-state index in [1.165, 1.54) is 11.3 Å². The first-order valence-electron chi connectivity index (χ1n) is 13.9. The van der Waals surface area contributed by atoms with Crippen molar-refractivity contribution in [3.8, 4) is 0 Å². The Bertz CT molecular complexity index is 1200. The van der Waals surface area contributed by atoms with E-state index >= 15 is 0 Å². The molecule has 2 saturated heterocycles. The van der Waals surface area contributed by atoms with Gasteiger partial charge in [0.1, 0.15) is 5.76 Å². The molecule has 0 spiro atoms. The van der Waals surface area contributed by atoms with Gasteiger partial charge in [-0.25, -0.2) is 8.42 Å². The van der Waals surface area contributed by atoms with Crippen LogP contribution in [0.1, 0.15) is 44.1 Å². The van der Waals surface area contributed by atoms with Crippen LogP contribution in [0.25, 0.3) is 0 Å². The lowest BCUT2D eigenvalue weighted by Gasteiger charge is -2.39. The zero-order chi connectivity index (χ0) is 26.6. The summed E-state index contributed by atoms with van der Waals surface area (Å²) in [6.45, 7) is 5.81. The van der Waals surface area contributed by atoms with Crippen LogP contribution in [0, 0.1) is 0 Å². The van der Waals surface area contributed by atoms with Gasteiger partial charge >= 0.3 is 0 Å². The minimum Gasteiger partial charge on any atom is -0.494 e. The van der Waals surface area contributed by atoms with Crippen LogP contribution in [0.5, 0.6) is 0 Å². The van der Waals surface area contributed by atoms with Gasteiger partial charge in [0.05, 0.1) is 11.5 Å². The predicted octanol–water partition coefficient (Wildman–Crippen LogP) is 2.67. The number of nitrogens with two attached hydrogens (primary N) is 1. The van der Waals surface area contributed by atoms with Crippen molar-refractivity contribution < 1.29 is 17.9 Å². The van der Waals surface area contributed by atoms with Gasteiger partial charge in [0.15, 0.2) is 14.6 Å². The molecule has 1 amide bonds. The maximum absolute atomic E-state index is 13.7. The van der Waals surface area contributed by atoms with Gasteiger partial charge < -0.3 is 25.6 Å². The molecule has 0 atom stereocenters. The van der Waals surface area contributed by atoms with Gasteiger partial charge in [0, 0.05) is 51.0 Å². The van der Waals surface area contributed by atoms with Crippen molar-refractivity contribution in [2.45, 2.75) is 55.7 Å². The Kier molecular flexibility index (Phi) is 8.26. The van der Waals surface area contributed by atoms with Crippen LogP contribution in [0.3, 0.4) is 0 Å². The highest BCUT2D eigenvalue weighted by molar-refractivity contribution is 7.97. The van der Waals surface area contributed by atoms with Gasteiger partial charge in [0.2, 0.25) is 5.91 Å². The third-order valence-corrected chi connectivity index (χ3v) is 10.8. The van der Waals surface area contributed by atoms with Crippen molar-refractivity contribution in [2.24, 2.45) is 5.73 Å². The van der Waals surface area contributed by atoms with Gasteiger partial charge in [-0.2, -0.15) is 0 Å². The molecule has 1 saturated carbocycles. The number of anilines is 1. The highest BCUT2D eigenvalue weighted by Crippen LogP contribution is 2.39. The number of benzene rings is 1. The van der Waals surface area contributed by atoms with Gasteiger partial charge in [-0.05, 0) is 80.9 Å². The Hall–Kier alpha value is -2.62. The summed E-state index contributed by atoms with van der Waals surface area (Å²) in [6.07, 6.45) is 11.8. The smallest absolute Gasteiger partial charge is 0.239 e. The monoisotopic (exact) mass is 540 g/mol. The van der Waals surface area contributed by atoms with Crippen LogP contribution in [-0.2, 0) is 25.8 Å². The summed E-state index contributed by atoms with van der Waals surface area (Å²) >= 11 is 0. The number of piperidine rings is 1. The lowest BCUT2D eigenvalue weighted by molar-refractivity contribution is -0.121. The number of carbonyl (C=O) groups is 1. The summed E-state index contributed by atoms with van der Waals surface area (Å²) in [6, 6.07) is 9.25. The van der Waals surface area contributed by atoms with Crippen LogP contribution >= 0.6 is 0 Å². The fourth-order valence-corrected chi connectivity index (χ4v) is 7.76. The van der Waals surface area contributed by atoms with Crippen LogP contribution in [0.4, 0.5) is 5.69 Å². The molecule has 1 aromatic carbocycles. The van der Waals surface area contributed by atoms with E-state index in [-0.39, 0.29) is 17.7 Å². The first-order valence-corrected chi connectivity index (χ1v) is 15.4. The van der Waals surface area contributed by atoms with E-state index in [0.717, 1.165) is 51.9 Å². The lowest BCUT2D eigenvalue weighted by atomic mass is 9.95. The molecular formula is C29H40N4O4S. The van der Waals surface area contributed by atoms with E-state index in [2.05, 4.69) is 39.4 Å². The molecule has 9 heteroatoms. The molecule has 4 aliphatic rings. The Morgan fingerprint density at radius 1 is 1.08 bits per heavy atom. The van der Waals surface area contributed by atoms with Crippen molar-refractivity contribution in [1.82, 2.24) is 10.2 Å². The fraction of sp³-hybridized carbons (Fsp3) is 0.552. The molecule has 0 bridgehead atoms. The van der Waals surface area contributed by atoms with E-state index in [1.807, 2.05) is 6.08 Å². The first kappa shape index (κ1) is 27.0. The topological polar surface area (TPSA) is 105 Å². The van der Waals surface area contributed by atoms with Crippen molar-refractivity contribution in [3.63, 3.8) is 0 Å². The highest BCUT2D eigenvalue weighted by atomic mass is 32.2. The molecule has 8 nitrogen and oxygen atoms in total. The quantitative estimate of drug-likeness (QED) is 0.440. The molecule has 2 aliphatic heterocycles. The predicted molar refractivity (Wildman–Crippen MR) is 150 cm³/mol. The van der Waals surface area contributed by atoms with Gasteiger partial charge in [-0.1, -0.05) is 18.2 Å². The molecule has 1 aromatic rings. The highest BCUT2D eigenvalue weighted by Gasteiger charge is 2.53. The number of piperazine rings is 1. The molecule has 0 radical (unpaired) electrons. The van der Waals surface area contributed by atoms with Crippen LogP contribution in [-0.4, -0.2) is 75.9 Å². The second-order valence-electron chi connectivity index (χ2n) is 10.8. The van der Waals surface area contributed by atoms with E-state index < -0.39 is 20.5 Å². The third-order valence-electron chi connectivity index (χ3n) is 8.26. The van der Waals surface area contributed by atoms with Gasteiger partial charge in [-0.3, -0.25) is 4.79 Å². The number of rotatable bonds is 10. The van der Waals surface area contributed by atoms with E-state index in [9.17, 15) is 13.2 Å².